The van der Waals surface area contributed by atoms with Crippen LogP contribution in [-0.2, 0) is 12.2 Å². The largest absolute Gasteiger partial charge is 0.339 e. The Morgan fingerprint density at radius 1 is 1.53 bits per heavy atom. The second-order valence-corrected chi connectivity index (χ2v) is 4.92. The molecule has 0 spiro atoms. The number of aromatic nitrogens is 2. The zero-order valence-corrected chi connectivity index (χ0v) is 9.85. The van der Waals surface area contributed by atoms with Crippen LogP contribution in [0, 0.1) is 5.92 Å². The molecular formula is C10H17N3OS. The molecule has 1 fully saturated rings. The molecule has 15 heavy (non-hydrogen) atoms. The molecule has 0 atom stereocenters. The van der Waals surface area contributed by atoms with Crippen molar-refractivity contribution in [2.45, 2.75) is 25.5 Å². The zero-order chi connectivity index (χ0) is 10.5. The lowest BCUT2D eigenvalue weighted by atomic mass is 10.1. The number of nitrogens with zero attached hydrogens (tertiary/aromatic N) is 2. The summed E-state index contributed by atoms with van der Waals surface area (Å²) in [7, 11) is 0. The molecule has 84 valence electrons. The molecule has 0 amide bonds. The first-order valence-electron chi connectivity index (χ1n) is 5.48. The lowest BCUT2D eigenvalue weighted by Gasteiger charge is -2.26. The first-order chi connectivity index (χ1) is 7.38. The summed E-state index contributed by atoms with van der Waals surface area (Å²) in [6, 6.07) is 0. The van der Waals surface area contributed by atoms with Gasteiger partial charge in [-0.2, -0.15) is 16.7 Å². The van der Waals surface area contributed by atoms with E-state index >= 15 is 0 Å². The van der Waals surface area contributed by atoms with Crippen molar-refractivity contribution in [3.05, 3.63) is 11.7 Å². The fraction of sp³-hybridized carbons (Fsp3) is 0.800. The van der Waals surface area contributed by atoms with Crippen molar-refractivity contribution in [1.82, 2.24) is 15.5 Å². The van der Waals surface area contributed by atoms with Gasteiger partial charge >= 0.3 is 0 Å². The molecule has 0 bridgehead atoms. The highest BCUT2D eigenvalue weighted by Crippen LogP contribution is 2.16. The topological polar surface area (TPSA) is 51.0 Å². The summed E-state index contributed by atoms with van der Waals surface area (Å²) in [5, 5.41) is 7.22. The molecule has 1 aromatic heterocycles. The Bertz CT molecular complexity index is 299. The van der Waals surface area contributed by atoms with Crippen LogP contribution in [0.5, 0.6) is 0 Å². The number of aryl methyl sites for hydroxylation is 1. The third-order valence-electron chi connectivity index (χ3n) is 2.42. The van der Waals surface area contributed by atoms with Gasteiger partial charge in [0.2, 0.25) is 5.89 Å². The maximum atomic E-state index is 5.12. The van der Waals surface area contributed by atoms with Crippen LogP contribution in [0.3, 0.4) is 0 Å². The summed E-state index contributed by atoms with van der Waals surface area (Å²) >= 11 is 1.90. The van der Waals surface area contributed by atoms with Gasteiger partial charge in [0.1, 0.15) is 0 Å². The maximum absolute atomic E-state index is 5.12. The minimum absolute atomic E-state index is 0.776. The summed E-state index contributed by atoms with van der Waals surface area (Å²) in [5.74, 6) is 4.54. The van der Waals surface area contributed by atoms with Crippen LogP contribution < -0.4 is 5.32 Å². The minimum atomic E-state index is 0.776. The van der Waals surface area contributed by atoms with Crippen LogP contribution in [0.2, 0.25) is 0 Å². The first-order valence-corrected chi connectivity index (χ1v) is 6.64. The Morgan fingerprint density at radius 3 is 3.07 bits per heavy atom. The van der Waals surface area contributed by atoms with Gasteiger partial charge in [-0.15, -0.1) is 0 Å². The van der Waals surface area contributed by atoms with E-state index in [-0.39, 0.29) is 0 Å². The van der Waals surface area contributed by atoms with Gasteiger partial charge in [0.05, 0.1) is 5.75 Å². The summed E-state index contributed by atoms with van der Waals surface area (Å²) in [6.07, 6.45) is 1.95. The van der Waals surface area contributed by atoms with Crippen molar-refractivity contribution in [1.29, 1.82) is 0 Å². The molecule has 1 aromatic rings. The quantitative estimate of drug-likeness (QED) is 0.797. The number of hydrogen-bond donors (Lipinski definition) is 1. The number of thioether (sulfide) groups is 1. The smallest absolute Gasteiger partial charge is 0.226 e. The normalized spacial score (nSPS) is 16.6. The lowest BCUT2D eigenvalue weighted by Crippen LogP contribution is -2.43. The summed E-state index contributed by atoms with van der Waals surface area (Å²) in [5.41, 5.74) is 0. The predicted octanol–water partition coefficient (Wildman–Crippen LogP) is 1.47. The lowest BCUT2D eigenvalue weighted by molar-refractivity contribution is 0.373. The van der Waals surface area contributed by atoms with Gasteiger partial charge in [-0.25, -0.2) is 0 Å². The highest BCUT2D eigenvalue weighted by Gasteiger charge is 2.16. The van der Waals surface area contributed by atoms with Gasteiger partial charge in [-0.1, -0.05) is 12.1 Å². The standard InChI is InChI=1S/C10H17N3OS/c1-2-3-10-12-9(13-14-10)7-15-6-8-4-11-5-8/h8,11H,2-7H2,1H3. The van der Waals surface area contributed by atoms with Crippen LogP contribution >= 0.6 is 11.8 Å². The Kier molecular flexibility index (Phi) is 4.02. The van der Waals surface area contributed by atoms with E-state index in [1.165, 1.54) is 18.8 Å². The molecule has 0 radical (unpaired) electrons. The second kappa shape index (κ2) is 5.51. The zero-order valence-electron chi connectivity index (χ0n) is 9.03. The van der Waals surface area contributed by atoms with Crippen molar-refractivity contribution in [3.63, 3.8) is 0 Å². The van der Waals surface area contributed by atoms with E-state index in [4.69, 9.17) is 4.52 Å². The van der Waals surface area contributed by atoms with Crippen molar-refractivity contribution in [3.8, 4) is 0 Å². The van der Waals surface area contributed by atoms with Crippen LogP contribution in [0.25, 0.3) is 0 Å². The SMILES string of the molecule is CCCc1nc(CSCC2CNC2)no1. The molecule has 5 heteroatoms. The van der Waals surface area contributed by atoms with E-state index in [1.54, 1.807) is 0 Å². The van der Waals surface area contributed by atoms with E-state index in [0.717, 1.165) is 36.2 Å². The molecule has 2 heterocycles. The molecule has 1 aliphatic heterocycles. The third kappa shape index (κ3) is 3.21. The number of nitrogens with one attached hydrogen (secondary N) is 1. The summed E-state index contributed by atoms with van der Waals surface area (Å²) in [4.78, 5) is 4.33. The summed E-state index contributed by atoms with van der Waals surface area (Å²) in [6.45, 7) is 4.45. The van der Waals surface area contributed by atoms with Crippen LogP contribution in [0.4, 0.5) is 0 Å². The Hall–Kier alpha value is -0.550. The van der Waals surface area contributed by atoms with Gasteiger partial charge in [0.15, 0.2) is 5.82 Å². The molecule has 0 aromatic carbocycles. The Morgan fingerprint density at radius 2 is 2.40 bits per heavy atom. The van der Waals surface area contributed by atoms with E-state index in [0.29, 0.717) is 0 Å². The van der Waals surface area contributed by atoms with Crippen LogP contribution in [0.15, 0.2) is 4.52 Å². The highest BCUT2D eigenvalue weighted by molar-refractivity contribution is 7.98. The third-order valence-corrected chi connectivity index (χ3v) is 3.59. The highest BCUT2D eigenvalue weighted by atomic mass is 32.2. The Labute approximate surface area is 94.2 Å². The van der Waals surface area contributed by atoms with Gasteiger partial charge in [-0.3, -0.25) is 0 Å². The molecule has 1 saturated heterocycles. The molecule has 0 saturated carbocycles. The predicted molar refractivity (Wildman–Crippen MR) is 60.8 cm³/mol. The second-order valence-electron chi connectivity index (χ2n) is 3.89. The van der Waals surface area contributed by atoms with E-state index in [9.17, 15) is 0 Å². The van der Waals surface area contributed by atoms with Gasteiger partial charge < -0.3 is 9.84 Å². The molecule has 4 nitrogen and oxygen atoms in total. The first kappa shape index (κ1) is 11.0. The molecular weight excluding hydrogens is 210 g/mol. The maximum Gasteiger partial charge on any atom is 0.226 e. The van der Waals surface area contributed by atoms with E-state index in [1.807, 2.05) is 11.8 Å². The average Bonchev–Trinajstić information content (AvgIpc) is 2.58. The fourth-order valence-electron chi connectivity index (χ4n) is 1.45. The van der Waals surface area contributed by atoms with Crippen LogP contribution in [-0.4, -0.2) is 29.0 Å². The average molecular weight is 227 g/mol. The number of hydrogen-bond acceptors (Lipinski definition) is 5. The van der Waals surface area contributed by atoms with E-state index < -0.39 is 0 Å². The monoisotopic (exact) mass is 227 g/mol. The number of rotatable bonds is 6. The van der Waals surface area contributed by atoms with Crippen molar-refractivity contribution < 1.29 is 4.52 Å². The molecule has 1 aliphatic rings. The summed E-state index contributed by atoms with van der Waals surface area (Å²) < 4.78 is 5.12. The Balaban J connectivity index is 1.67. The van der Waals surface area contributed by atoms with Gasteiger partial charge in [-0.05, 0) is 31.2 Å². The molecule has 1 N–H and O–H groups in total. The molecule has 2 rings (SSSR count). The van der Waals surface area contributed by atoms with Crippen molar-refractivity contribution >= 4 is 11.8 Å². The minimum Gasteiger partial charge on any atom is -0.339 e. The molecule has 0 unspecified atom stereocenters. The van der Waals surface area contributed by atoms with Gasteiger partial charge in [0.25, 0.3) is 0 Å². The van der Waals surface area contributed by atoms with Crippen LogP contribution in [0.1, 0.15) is 25.1 Å². The van der Waals surface area contributed by atoms with Gasteiger partial charge in [0, 0.05) is 6.42 Å². The van der Waals surface area contributed by atoms with Crippen molar-refractivity contribution in [2.75, 3.05) is 18.8 Å². The molecule has 0 aliphatic carbocycles. The fourth-order valence-corrected chi connectivity index (χ4v) is 2.43. The van der Waals surface area contributed by atoms with E-state index in [2.05, 4.69) is 22.4 Å². The van der Waals surface area contributed by atoms with Crippen molar-refractivity contribution in [2.24, 2.45) is 5.92 Å².